The second-order valence-corrected chi connectivity index (χ2v) is 4.72. The molecule has 0 atom stereocenters. The van der Waals surface area contributed by atoms with E-state index in [2.05, 4.69) is 15.1 Å². The van der Waals surface area contributed by atoms with Crippen LogP contribution >= 0.6 is 11.6 Å². The number of rotatable bonds is 1. The van der Waals surface area contributed by atoms with E-state index in [0.717, 1.165) is 5.39 Å². The number of hydrogen-bond acceptors (Lipinski definition) is 5. The molecule has 98 valence electrons. The lowest BCUT2D eigenvalue weighted by Gasteiger charge is -2.02. The second-order valence-electron chi connectivity index (χ2n) is 4.28. The Labute approximate surface area is 117 Å². The molecule has 0 bridgehead atoms. The van der Waals surface area contributed by atoms with Gasteiger partial charge in [-0.25, -0.2) is 9.97 Å². The highest BCUT2D eigenvalue weighted by Gasteiger charge is 2.14. The largest absolute Gasteiger partial charge is 0.461 e. The van der Waals surface area contributed by atoms with Crippen molar-refractivity contribution in [2.45, 2.75) is 0 Å². The number of nitrogen functional groups attached to an aromatic ring is 1. The third-order valence-electron chi connectivity index (χ3n) is 3.00. The third-order valence-corrected chi connectivity index (χ3v) is 3.24. The summed E-state index contributed by atoms with van der Waals surface area (Å²) in [5, 5.41) is 5.74. The van der Waals surface area contributed by atoms with Crippen LogP contribution in [0.3, 0.4) is 0 Å². The summed E-state index contributed by atoms with van der Waals surface area (Å²) in [6.45, 7) is 0. The average molecular weight is 286 g/mol. The van der Waals surface area contributed by atoms with E-state index < -0.39 is 0 Å². The minimum atomic E-state index is 0.250. The van der Waals surface area contributed by atoms with Gasteiger partial charge in [-0.15, -0.1) is 5.10 Å². The molecule has 0 radical (unpaired) electrons. The summed E-state index contributed by atoms with van der Waals surface area (Å²) in [4.78, 5) is 8.75. The van der Waals surface area contributed by atoms with Gasteiger partial charge in [0.25, 0.3) is 0 Å². The van der Waals surface area contributed by atoms with Crippen molar-refractivity contribution in [3.8, 4) is 11.6 Å². The van der Waals surface area contributed by atoms with Gasteiger partial charge in [-0.2, -0.15) is 4.52 Å². The van der Waals surface area contributed by atoms with Crippen LogP contribution in [0, 0.1) is 0 Å². The van der Waals surface area contributed by atoms with Gasteiger partial charge < -0.3 is 10.2 Å². The number of nitrogens with zero attached hydrogens (tertiary/aromatic N) is 4. The molecule has 7 heteroatoms. The lowest BCUT2D eigenvalue weighted by molar-refractivity contribution is 0.577. The summed E-state index contributed by atoms with van der Waals surface area (Å²) in [7, 11) is 0. The van der Waals surface area contributed by atoms with Crippen molar-refractivity contribution in [2.24, 2.45) is 0 Å². The molecule has 1 aromatic carbocycles. The molecule has 0 aliphatic carbocycles. The number of anilines is 1. The zero-order valence-corrected chi connectivity index (χ0v) is 10.9. The van der Waals surface area contributed by atoms with Gasteiger partial charge in [0.2, 0.25) is 11.8 Å². The fraction of sp³-hybridized carbons (Fsp3) is 0. The van der Waals surface area contributed by atoms with Crippen molar-refractivity contribution in [2.75, 3.05) is 5.73 Å². The van der Waals surface area contributed by atoms with E-state index in [-0.39, 0.29) is 5.95 Å². The molecule has 0 saturated carbocycles. The van der Waals surface area contributed by atoms with Gasteiger partial charge in [0.05, 0.1) is 11.8 Å². The fourth-order valence-electron chi connectivity index (χ4n) is 2.11. The Kier molecular flexibility index (Phi) is 2.22. The van der Waals surface area contributed by atoms with Crippen LogP contribution in [0.4, 0.5) is 5.95 Å². The van der Waals surface area contributed by atoms with E-state index in [1.54, 1.807) is 30.5 Å². The Morgan fingerprint density at radius 3 is 2.90 bits per heavy atom. The van der Waals surface area contributed by atoms with Crippen LogP contribution in [0.15, 0.2) is 41.0 Å². The predicted octanol–water partition coefficient (Wildman–Crippen LogP) is 2.77. The van der Waals surface area contributed by atoms with Crippen molar-refractivity contribution in [3.05, 3.63) is 41.6 Å². The maximum Gasteiger partial charge on any atom is 0.223 e. The zero-order valence-electron chi connectivity index (χ0n) is 10.1. The lowest BCUT2D eigenvalue weighted by atomic mass is 10.2. The summed E-state index contributed by atoms with van der Waals surface area (Å²) in [6, 6.07) is 8.94. The van der Waals surface area contributed by atoms with Gasteiger partial charge in [-0.05, 0) is 30.3 Å². The Morgan fingerprint density at radius 1 is 1.20 bits per heavy atom. The number of aromatic nitrogens is 4. The smallest absolute Gasteiger partial charge is 0.223 e. The van der Waals surface area contributed by atoms with Gasteiger partial charge in [0.1, 0.15) is 0 Å². The molecule has 20 heavy (non-hydrogen) atoms. The maximum atomic E-state index is 5.97. The molecule has 0 aliphatic rings. The van der Waals surface area contributed by atoms with Crippen LogP contribution in [0.25, 0.3) is 28.1 Å². The van der Waals surface area contributed by atoms with Crippen molar-refractivity contribution in [1.82, 2.24) is 19.6 Å². The number of nitrogens with two attached hydrogens (primary N) is 1. The molecule has 0 amide bonds. The summed E-state index contributed by atoms with van der Waals surface area (Å²) >= 11 is 5.97. The number of halogens is 1. The summed E-state index contributed by atoms with van der Waals surface area (Å²) < 4.78 is 6.79. The topological polar surface area (TPSA) is 82.2 Å². The van der Waals surface area contributed by atoms with Gasteiger partial charge in [-0.1, -0.05) is 11.6 Å². The van der Waals surface area contributed by atoms with Crippen LogP contribution in [0.2, 0.25) is 5.02 Å². The Hall–Kier alpha value is -2.60. The standard InChI is InChI=1S/C13H8ClN5O/c14-7-3-4-8-9(6-7)16-13(15)19-12(8)17-11(18-19)10-2-1-5-20-10/h1-6H,(H2,15,16). The van der Waals surface area contributed by atoms with E-state index in [0.29, 0.717) is 27.8 Å². The van der Waals surface area contributed by atoms with Crippen LogP contribution in [-0.4, -0.2) is 19.6 Å². The molecule has 0 aliphatic heterocycles. The number of furan rings is 1. The molecule has 6 nitrogen and oxygen atoms in total. The van der Waals surface area contributed by atoms with E-state index >= 15 is 0 Å². The van der Waals surface area contributed by atoms with E-state index in [9.17, 15) is 0 Å². The highest BCUT2D eigenvalue weighted by molar-refractivity contribution is 6.31. The molecule has 0 saturated heterocycles. The quantitative estimate of drug-likeness (QED) is 0.581. The van der Waals surface area contributed by atoms with E-state index in [1.807, 2.05) is 6.07 Å². The molecular formula is C13H8ClN5O. The normalized spacial score (nSPS) is 11.4. The predicted molar refractivity (Wildman–Crippen MR) is 75.4 cm³/mol. The molecule has 3 heterocycles. The summed E-state index contributed by atoms with van der Waals surface area (Å²) in [5.74, 6) is 1.29. The molecule has 4 aromatic rings. The Bertz CT molecular complexity index is 929. The first kappa shape index (κ1) is 11.2. The Balaban J connectivity index is 2.10. The first-order valence-corrected chi connectivity index (χ1v) is 6.25. The third kappa shape index (κ3) is 1.55. The van der Waals surface area contributed by atoms with E-state index in [4.69, 9.17) is 21.8 Å². The molecule has 4 rings (SSSR count). The monoisotopic (exact) mass is 285 g/mol. The van der Waals surface area contributed by atoms with Gasteiger partial charge in [-0.3, -0.25) is 0 Å². The SMILES string of the molecule is Nc1nc2cc(Cl)ccc2c2nc(-c3ccco3)nn12. The molecular weight excluding hydrogens is 278 g/mol. The molecule has 0 fully saturated rings. The summed E-state index contributed by atoms with van der Waals surface area (Å²) in [5.41, 5.74) is 7.22. The van der Waals surface area contributed by atoms with Crippen molar-refractivity contribution < 1.29 is 4.42 Å². The molecule has 0 spiro atoms. The van der Waals surface area contributed by atoms with Crippen LogP contribution in [0.1, 0.15) is 0 Å². The maximum absolute atomic E-state index is 5.97. The summed E-state index contributed by atoms with van der Waals surface area (Å²) in [6.07, 6.45) is 1.57. The minimum Gasteiger partial charge on any atom is -0.461 e. The van der Waals surface area contributed by atoms with Gasteiger partial charge >= 0.3 is 0 Å². The Morgan fingerprint density at radius 2 is 2.10 bits per heavy atom. The van der Waals surface area contributed by atoms with E-state index in [1.165, 1.54) is 4.52 Å². The average Bonchev–Trinajstić information content (AvgIpc) is 3.07. The number of fused-ring (bicyclic) bond motifs is 3. The first-order chi connectivity index (χ1) is 9.72. The highest BCUT2D eigenvalue weighted by atomic mass is 35.5. The number of benzene rings is 1. The molecule has 0 unspecified atom stereocenters. The second kappa shape index (κ2) is 3.94. The van der Waals surface area contributed by atoms with Gasteiger partial charge in [0, 0.05) is 10.4 Å². The van der Waals surface area contributed by atoms with Crippen molar-refractivity contribution in [1.29, 1.82) is 0 Å². The molecule has 2 N–H and O–H groups in total. The fourth-order valence-corrected chi connectivity index (χ4v) is 2.28. The van der Waals surface area contributed by atoms with Gasteiger partial charge in [0.15, 0.2) is 11.4 Å². The first-order valence-electron chi connectivity index (χ1n) is 5.88. The lowest BCUT2D eigenvalue weighted by Crippen LogP contribution is -2.02. The highest BCUT2D eigenvalue weighted by Crippen LogP contribution is 2.25. The molecule has 3 aromatic heterocycles. The minimum absolute atomic E-state index is 0.250. The van der Waals surface area contributed by atoms with Crippen molar-refractivity contribution >= 4 is 34.1 Å². The number of hydrogen-bond donors (Lipinski definition) is 1. The van der Waals surface area contributed by atoms with Crippen LogP contribution < -0.4 is 5.73 Å². The van der Waals surface area contributed by atoms with Crippen LogP contribution in [-0.2, 0) is 0 Å². The van der Waals surface area contributed by atoms with Crippen molar-refractivity contribution in [3.63, 3.8) is 0 Å². The van der Waals surface area contributed by atoms with Crippen LogP contribution in [0.5, 0.6) is 0 Å². The zero-order chi connectivity index (χ0) is 13.7.